The Balaban J connectivity index is 1.87. The summed E-state index contributed by atoms with van der Waals surface area (Å²) in [5.74, 6) is -4.23. The van der Waals surface area contributed by atoms with Crippen LogP contribution in [0.1, 0.15) is 40.0 Å². The van der Waals surface area contributed by atoms with Crippen LogP contribution in [0.4, 0.5) is 8.78 Å². The Bertz CT molecular complexity index is 947. The van der Waals surface area contributed by atoms with Gasteiger partial charge >= 0.3 is 5.97 Å². The van der Waals surface area contributed by atoms with Gasteiger partial charge in [0.25, 0.3) is 0 Å². The van der Waals surface area contributed by atoms with Crippen LogP contribution in [-0.2, 0) is 19.1 Å². The highest BCUT2D eigenvalue weighted by molar-refractivity contribution is 6.01. The Hall–Kier alpha value is -1.97. The highest BCUT2D eigenvalue weighted by atomic mass is 19.1. The normalized spacial score (nSPS) is 49.6. The number of ether oxygens (including phenoxy) is 1. The molecule has 3 saturated carbocycles. The number of carbonyl (C=O) groups excluding carboxylic acids is 3. The largest absolute Gasteiger partial charge is 0.459 e. The lowest BCUT2D eigenvalue weighted by Gasteiger charge is -2.62. The third-order valence-corrected chi connectivity index (χ3v) is 8.70. The minimum Gasteiger partial charge on any atom is -0.459 e. The first-order valence-corrected chi connectivity index (χ1v) is 10.8. The summed E-state index contributed by atoms with van der Waals surface area (Å²) in [6, 6.07) is 0. The lowest BCUT2D eigenvalue weighted by atomic mass is 9.44. The predicted octanol–water partition coefficient (Wildman–Crippen LogP) is 1.14. The van der Waals surface area contributed by atoms with E-state index in [1.807, 2.05) is 0 Å². The van der Waals surface area contributed by atoms with Crippen LogP contribution in [0.3, 0.4) is 0 Å². The number of allylic oxidation sites excluding steroid dienone is 4. The second kappa shape index (κ2) is 7.01. The van der Waals surface area contributed by atoms with Gasteiger partial charge in [0.2, 0.25) is 0 Å². The van der Waals surface area contributed by atoms with Crippen LogP contribution in [0.15, 0.2) is 23.8 Å². The Morgan fingerprint density at radius 3 is 2.50 bits per heavy atom. The van der Waals surface area contributed by atoms with E-state index >= 15 is 8.78 Å². The summed E-state index contributed by atoms with van der Waals surface area (Å²) < 4.78 is 37.6. The fourth-order valence-electron chi connectivity index (χ4n) is 7.15. The van der Waals surface area contributed by atoms with Crippen LogP contribution < -0.4 is 0 Å². The van der Waals surface area contributed by atoms with E-state index in [1.54, 1.807) is 0 Å². The SMILES string of the molecule is CC(=O)OC1C[C@H]2[C@@H]3CC(F)C4=CC(=O)C=C[C@]4(C)[C@@]3(F)C(O)C[C@]2(C)[C@@]1(O)C(=O)CO. The molecule has 0 spiro atoms. The lowest BCUT2D eigenvalue weighted by molar-refractivity contribution is -0.227. The molecule has 0 bridgehead atoms. The second-order valence-corrected chi connectivity index (χ2v) is 10.0. The Morgan fingerprint density at radius 2 is 1.91 bits per heavy atom. The second-order valence-electron chi connectivity index (χ2n) is 10.0. The maximum Gasteiger partial charge on any atom is 0.303 e. The van der Waals surface area contributed by atoms with Crippen LogP contribution >= 0.6 is 0 Å². The van der Waals surface area contributed by atoms with Gasteiger partial charge in [-0.1, -0.05) is 13.0 Å². The van der Waals surface area contributed by atoms with E-state index < -0.39 is 76.5 Å². The number of esters is 1. The first kappa shape index (κ1) is 23.2. The maximum atomic E-state index is 17.0. The van der Waals surface area contributed by atoms with Crippen molar-refractivity contribution in [3.63, 3.8) is 0 Å². The molecule has 0 aliphatic heterocycles. The molecule has 0 aromatic carbocycles. The molecule has 0 amide bonds. The van der Waals surface area contributed by atoms with Crippen molar-refractivity contribution < 1.29 is 43.2 Å². The van der Waals surface area contributed by atoms with Crippen LogP contribution in [-0.4, -0.2) is 69.1 Å². The quantitative estimate of drug-likeness (QED) is 0.547. The third-order valence-electron chi connectivity index (χ3n) is 8.70. The zero-order chi connectivity index (χ0) is 23.9. The van der Waals surface area contributed by atoms with Gasteiger partial charge in [0.05, 0.1) is 6.10 Å². The fourth-order valence-corrected chi connectivity index (χ4v) is 7.15. The van der Waals surface area contributed by atoms with Crippen LogP contribution in [0, 0.1) is 22.7 Å². The Kier molecular flexibility index (Phi) is 5.08. The Labute approximate surface area is 184 Å². The number of halogens is 2. The summed E-state index contributed by atoms with van der Waals surface area (Å²) in [5.41, 5.74) is -7.90. The van der Waals surface area contributed by atoms with Gasteiger partial charge in [0, 0.05) is 23.7 Å². The zero-order valence-corrected chi connectivity index (χ0v) is 18.2. The van der Waals surface area contributed by atoms with E-state index in [1.165, 1.54) is 19.9 Å². The topological polar surface area (TPSA) is 121 Å². The minimum absolute atomic E-state index is 0.0392. The average molecular weight is 454 g/mol. The van der Waals surface area contributed by atoms with Gasteiger partial charge in [-0.25, -0.2) is 8.78 Å². The molecule has 9 atom stereocenters. The highest BCUT2D eigenvalue weighted by Crippen LogP contribution is 2.70. The summed E-state index contributed by atoms with van der Waals surface area (Å²) in [6.45, 7) is 2.98. The molecule has 32 heavy (non-hydrogen) atoms. The van der Waals surface area contributed by atoms with Crippen molar-refractivity contribution in [2.45, 2.75) is 69.7 Å². The van der Waals surface area contributed by atoms with Crippen molar-refractivity contribution in [3.05, 3.63) is 23.8 Å². The summed E-state index contributed by atoms with van der Waals surface area (Å²) >= 11 is 0. The lowest BCUT2D eigenvalue weighted by Crippen LogP contribution is -2.71. The summed E-state index contributed by atoms with van der Waals surface area (Å²) in [5, 5.41) is 32.2. The molecular weight excluding hydrogens is 426 g/mol. The van der Waals surface area contributed by atoms with E-state index in [2.05, 4.69) is 0 Å². The number of fused-ring (bicyclic) bond motifs is 5. The average Bonchev–Trinajstić information content (AvgIpc) is 2.93. The molecule has 3 fully saturated rings. The van der Waals surface area contributed by atoms with Crippen molar-refractivity contribution >= 4 is 17.5 Å². The van der Waals surface area contributed by atoms with Gasteiger partial charge < -0.3 is 20.1 Å². The standard InChI is InChI=1S/C23H28F2O7/c1-11(27)32-19-8-13-14-7-16(24)15-6-12(28)4-5-20(15,2)22(14,25)17(29)9-21(13,3)23(19,31)18(30)10-26/h4-6,13-14,16-17,19,26,29,31H,7-10H2,1-3H3/t13-,14-,16?,17?,19?,20-,21-,22-,23+/m0/s1. The van der Waals surface area contributed by atoms with E-state index in [4.69, 9.17) is 4.74 Å². The van der Waals surface area contributed by atoms with Gasteiger partial charge in [-0.3, -0.25) is 14.4 Å². The predicted molar refractivity (Wildman–Crippen MR) is 107 cm³/mol. The third kappa shape index (κ3) is 2.58. The van der Waals surface area contributed by atoms with Crippen molar-refractivity contribution in [2.24, 2.45) is 22.7 Å². The molecule has 7 nitrogen and oxygen atoms in total. The van der Waals surface area contributed by atoms with Gasteiger partial charge in [-0.15, -0.1) is 0 Å². The van der Waals surface area contributed by atoms with Crippen molar-refractivity contribution in [2.75, 3.05) is 6.61 Å². The van der Waals surface area contributed by atoms with E-state index in [-0.39, 0.29) is 24.8 Å². The van der Waals surface area contributed by atoms with Gasteiger partial charge in [-0.05, 0) is 49.8 Å². The molecule has 176 valence electrons. The minimum atomic E-state index is -2.39. The molecule has 4 aliphatic rings. The van der Waals surface area contributed by atoms with Gasteiger partial charge in [-0.2, -0.15) is 0 Å². The van der Waals surface area contributed by atoms with E-state index in [0.29, 0.717) is 0 Å². The fraction of sp³-hybridized carbons (Fsp3) is 0.696. The molecule has 0 aromatic rings. The molecular formula is C23H28F2O7. The number of ketones is 2. The number of aliphatic hydroxyl groups is 3. The summed E-state index contributed by atoms with van der Waals surface area (Å²) in [7, 11) is 0. The number of alkyl halides is 2. The molecule has 0 heterocycles. The van der Waals surface area contributed by atoms with Crippen molar-refractivity contribution in [3.8, 4) is 0 Å². The molecule has 4 rings (SSSR count). The molecule has 4 aliphatic carbocycles. The summed E-state index contributed by atoms with van der Waals surface area (Å²) in [6.07, 6.45) is -2.14. The molecule has 0 radical (unpaired) electrons. The maximum absolute atomic E-state index is 17.0. The number of carbonyl (C=O) groups is 3. The van der Waals surface area contributed by atoms with Crippen LogP contribution in [0.25, 0.3) is 0 Å². The molecule has 0 saturated heterocycles. The molecule has 3 N–H and O–H groups in total. The molecule has 9 heteroatoms. The first-order chi connectivity index (χ1) is 14.8. The highest BCUT2D eigenvalue weighted by Gasteiger charge is 2.77. The molecule has 3 unspecified atom stereocenters. The Morgan fingerprint density at radius 1 is 1.25 bits per heavy atom. The van der Waals surface area contributed by atoms with Crippen molar-refractivity contribution in [1.82, 2.24) is 0 Å². The van der Waals surface area contributed by atoms with Crippen LogP contribution in [0.5, 0.6) is 0 Å². The monoisotopic (exact) mass is 454 g/mol. The van der Waals surface area contributed by atoms with Gasteiger partial charge in [0.15, 0.2) is 22.8 Å². The number of hydrogen-bond donors (Lipinski definition) is 3. The van der Waals surface area contributed by atoms with Crippen LogP contribution in [0.2, 0.25) is 0 Å². The van der Waals surface area contributed by atoms with Crippen molar-refractivity contribution in [1.29, 1.82) is 0 Å². The van der Waals surface area contributed by atoms with Gasteiger partial charge in [0.1, 0.15) is 18.9 Å². The number of hydrogen-bond acceptors (Lipinski definition) is 7. The van der Waals surface area contributed by atoms with E-state index in [0.717, 1.165) is 19.1 Å². The summed E-state index contributed by atoms with van der Waals surface area (Å²) in [4.78, 5) is 36.3. The number of aliphatic hydroxyl groups excluding tert-OH is 2. The smallest absolute Gasteiger partial charge is 0.303 e. The molecule has 0 aromatic heterocycles. The number of rotatable bonds is 3. The number of Topliss-reactive ketones (excluding diaryl/α,β-unsaturated/α-hetero) is 1. The zero-order valence-electron chi connectivity index (χ0n) is 18.2. The van der Waals surface area contributed by atoms with E-state index in [9.17, 15) is 29.7 Å². The first-order valence-electron chi connectivity index (χ1n) is 10.8.